The van der Waals surface area contributed by atoms with Crippen LogP contribution in [0.1, 0.15) is 30.5 Å². The molecule has 6 heteroatoms. The highest BCUT2D eigenvalue weighted by atomic mass is 32.1. The molecule has 5 nitrogen and oxygen atoms in total. The van der Waals surface area contributed by atoms with Gasteiger partial charge in [0.25, 0.3) is 0 Å². The van der Waals surface area contributed by atoms with Crippen molar-refractivity contribution in [3.8, 4) is 16.8 Å². The second kappa shape index (κ2) is 13.9. The van der Waals surface area contributed by atoms with Crippen LogP contribution in [-0.4, -0.2) is 27.1 Å². The van der Waals surface area contributed by atoms with Crippen molar-refractivity contribution in [2.24, 2.45) is 9.98 Å². The summed E-state index contributed by atoms with van der Waals surface area (Å²) in [6, 6.07) is 48.7. The number of thiophene rings is 1. The van der Waals surface area contributed by atoms with E-state index in [1.165, 1.54) is 69.6 Å². The summed E-state index contributed by atoms with van der Waals surface area (Å²) in [5.74, 6) is 0. The Balaban J connectivity index is 1.02. The van der Waals surface area contributed by atoms with Gasteiger partial charge in [-0.05, 0) is 127 Å². The fourth-order valence-corrected chi connectivity index (χ4v) is 9.40. The molecule has 0 saturated heterocycles. The molecule has 0 amide bonds. The molecular weight excluding hydrogens is 703 g/mol. The monoisotopic (exact) mass is 741 g/mol. The Morgan fingerprint density at radius 3 is 2.05 bits per heavy atom. The molecule has 0 radical (unpaired) electrons. The molecule has 0 aliphatic heterocycles. The van der Waals surface area contributed by atoms with E-state index in [0.717, 1.165) is 46.3 Å². The summed E-state index contributed by atoms with van der Waals surface area (Å²) in [6.45, 7) is 8.73. The number of pyridine rings is 1. The van der Waals surface area contributed by atoms with Crippen molar-refractivity contribution in [3.63, 3.8) is 0 Å². The molecule has 10 aromatic rings. The minimum absolute atomic E-state index is 0.494. The van der Waals surface area contributed by atoms with Gasteiger partial charge in [0.15, 0.2) is 0 Å². The van der Waals surface area contributed by atoms with Crippen LogP contribution >= 0.6 is 11.3 Å². The Bertz CT molecular complexity index is 3200. The molecule has 4 heterocycles. The molecule has 0 N–H and O–H groups in total. The third kappa shape index (κ3) is 5.64. The molecule has 0 aliphatic rings. The number of allylic oxidation sites excluding steroid dienone is 1. The van der Waals surface area contributed by atoms with E-state index in [4.69, 9.17) is 9.98 Å². The first-order chi connectivity index (χ1) is 27.6. The summed E-state index contributed by atoms with van der Waals surface area (Å²) in [5.41, 5.74) is 13.8. The lowest BCUT2D eigenvalue weighted by molar-refractivity contribution is 0.796. The topological polar surface area (TPSA) is 47.5 Å². The Hall–Kier alpha value is -6.63. The lowest BCUT2D eigenvalue weighted by atomic mass is 10.0. The summed E-state index contributed by atoms with van der Waals surface area (Å²) in [7, 11) is 0. The normalized spacial score (nSPS) is 12.4. The van der Waals surface area contributed by atoms with Gasteiger partial charge in [0.1, 0.15) is 6.67 Å². The molecule has 0 bridgehead atoms. The summed E-state index contributed by atoms with van der Waals surface area (Å²) >= 11 is 1.80. The van der Waals surface area contributed by atoms with E-state index in [1.807, 2.05) is 24.6 Å². The van der Waals surface area contributed by atoms with Crippen molar-refractivity contribution in [2.45, 2.75) is 33.4 Å². The zero-order chi connectivity index (χ0) is 37.8. The summed E-state index contributed by atoms with van der Waals surface area (Å²) in [6.07, 6.45) is 7.69. The van der Waals surface area contributed by atoms with Gasteiger partial charge in [0.2, 0.25) is 0 Å². The van der Waals surface area contributed by atoms with Crippen LogP contribution in [0.4, 0.5) is 0 Å². The number of benzene rings is 6. The first kappa shape index (κ1) is 33.9. The van der Waals surface area contributed by atoms with E-state index in [9.17, 15) is 0 Å². The second-order valence-corrected chi connectivity index (χ2v) is 15.4. The SMILES string of the molecule is C=N/C(=C\C=N/Cn1c2ccccc2c2cc(-c3ccc4c(c3)c3ccccc3n4-c3ccc4sc5cccnc5c4c3)ccc21)c1cc(CC)cc(CC)c1. The van der Waals surface area contributed by atoms with Gasteiger partial charge in [-0.15, -0.1) is 11.3 Å². The van der Waals surface area contributed by atoms with E-state index in [2.05, 4.69) is 162 Å². The number of hydrogen-bond donors (Lipinski definition) is 0. The number of para-hydroxylation sites is 2. The molecular formula is C50H39N5S. The van der Waals surface area contributed by atoms with E-state index >= 15 is 0 Å². The fraction of sp³-hybridized carbons (Fsp3) is 0.100. The number of nitrogens with zero attached hydrogens (tertiary/aromatic N) is 5. The third-order valence-electron chi connectivity index (χ3n) is 11.1. The zero-order valence-electron chi connectivity index (χ0n) is 31.4. The van der Waals surface area contributed by atoms with Gasteiger partial charge < -0.3 is 9.13 Å². The van der Waals surface area contributed by atoms with Crippen LogP contribution in [0.15, 0.2) is 156 Å². The summed E-state index contributed by atoms with van der Waals surface area (Å²) < 4.78 is 7.16. The predicted molar refractivity (Wildman–Crippen MR) is 241 cm³/mol. The van der Waals surface area contributed by atoms with E-state index in [-0.39, 0.29) is 0 Å². The predicted octanol–water partition coefficient (Wildman–Crippen LogP) is 13.2. The van der Waals surface area contributed by atoms with Crippen molar-refractivity contribution >= 4 is 93.9 Å². The van der Waals surface area contributed by atoms with Crippen LogP contribution in [-0.2, 0) is 19.5 Å². The molecule has 0 spiro atoms. The number of fused-ring (bicyclic) bond motifs is 9. The van der Waals surface area contributed by atoms with Crippen molar-refractivity contribution in [1.29, 1.82) is 0 Å². The Morgan fingerprint density at radius 2 is 1.30 bits per heavy atom. The maximum Gasteiger partial charge on any atom is 0.114 e. The number of rotatable bonds is 9. The number of aromatic nitrogens is 3. The lowest BCUT2D eigenvalue weighted by Crippen LogP contribution is -1.95. The molecule has 56 heavy (non-hydrogen) atoms. The lowest BCUT2D eigenvalue weighted by Gasteiger charge is -2.09. The van der Waals surface area contributed by atoms with Crippen LogP contribution in [0, 0.1) is 0 Å². The molecule has 4 aromatic heterocycles. The van der Waals surface area contributed by atoms with Gasteiger partial charge in [-0.25, -0.2) is 0 Å². The zero-order valence-corrected chi connectivity index (χ0v) is 32.2. The highest BCUT2D eigenvalue weighted by Crippen LogP contribution is 2.39. The van der Waals surface area contributed by atoms with Gasteiger partial charge in [-0.2, -0.15) is 0 Å². The smallest absolute Gasteiger partial charge is 0.114 e. The largest absolute Gasteiger partial charge is 0.320 e. The van der Waals surface area contributed by atoms with Gasteiger partial charge in [-0.3, -0.25) is 15.0 Å². The number of hydrogen-bond acceptors (Lipinski definition) is 4. The maximum atomic E-state index is 4.88. The van der Waals surface area contributed by atoms with Gasteiger partial charge in [-0.1, -0.05) is 68.4 Å². The quantitative estimate of drug-likeness (QED) is 0.136. The van der Waals surface area contributed by atoms with Crippen LogP contribution < -0.4 is 0 Å². The Kier molecular flexibility index (Phi) is 8.41. The van der Waals surface area contributed by atoms with E-state index in [0.29, 0.717) is 6.67 Å². The summed E-state index contributed by atoms with van der Waals surface area (Å²) in [5, 5.41) is 6.10. The average molecular weight is 742 g/mol. The Morgan fingerprint density at radius 1 is 0.643 bits per heavy atom. The van der Waals surface area contributed by atoms with Crippen LogP contribution in [0.2, 0.25) is 0 Å². The van der Waals surface area contributed by atoms with Crippen molar-refractivity contribution in [2.75, 3.05) is 0 Å². The van der Waals surface area contributed by atoms with Gasteiger partial charge in [0, 0.05) is 55.3 Å². The molecule has 0 atom stereocenters. The average Bonchev–Trinajstić information content (AvgIpc) is 3.90. The Labute approximate surface area is 329 Å². The third-order valence-corrected chi connectivity index (χ3v) is 12.3. The molecule has 10 rings (SSSR count). The summed E-state index contributed by atoms with van der Waals surface area (Å²) in [4.78, 5) is 14.0. The standard InChI is InChI=1S/C50H39N5S/c1-4-32-25-33(5-2)27-36(26-32)43(51-3)22-24-52-31-54-44-13-8-6-11-38(44)40-28-34(16-19-45(40)54)35-17-20-47-41(29-35)39-12-7-9-14-46(39)55(47)37-18-21-48-42(30-37)50-49(56-48)15-10-23-53-50/h6-30H,3-5,31H2,1-2H3/b43-22-,52-24-. The second-order valence-electron chi connectivity index (χ2n) is 14.3. The van der Waals surface area contributed by atoms with Crippen molar-refractivity contribution < 1.29 is 0 Å². The minimum atomic E-state index is 0.494. The first-order valence-corrected chi connectivity index (χ1v) is 20.1. The first-order valence-electron chi connectivity index (χ1n) is 19.2. The highest BCUT2D eigenvalue weighted by Gasteiger charge is 2.16. The minimum Gasteiger partial charge on any atom is -0.320 e. The van der Waals surface area contributed by atoms with Gasteiger partial charge >= 0.3 is 0 Å². The number of aryl methyl sites for hydroxylation is 2. The maximum absolute atomic E-state index is 4.88. The van der Waals surface area contributed by atoms with Gasteiger partial charge in [0.05, 0.1) is 38.0 Å². The van der Waals surface area contributed by atoms with Crippen LogP contribution in [0.5, 0.6) is 0 Å². The van der Waals surface area contributed by atoms with Crippen molar-refractivity contribution in [3.05, 3.63) is 162 Å². The number of aliphatic imine (C=N–C) groups is 2. The highest BCUT2D eigenvalue weighted by molar-refractivity contribution is 7.25. The fourth-order valence-electron chi connectivity index (χ4n) is 8.35. The van der Waals surface area contributed by atoms with E-state index < -0.39 is 0 Å². The van der Waals surface area contributed by atoms with Crippen molar-refractivity contribution in [1.82, 2.24) is 14.1 Å². The van der Waals surface area contributed by atoms with E-state index in [1.54, 1.807) is 11.3 Å². The molecule has 0 fully saturated rings. The molecule has 0 aliphatic carbocycles. The van der Waals surface area contributed by atoms with Crippen LogP contribution in [0.3, 0.4) is 0 Å². The molecule has 0 unspecified atom stereocenters. The molecule has 270 valence electrons. The molecule has 6 aromatic carbocycles. The van der Waals surface area contributed by atoms with Crippen LogP contribution in [0.25, 0.3) is 86.4 Å². The molecule has 0 saturated carbocycles.